The molecular formula is C8H15N3O. The maximum absolute atomic E-state index is 11.1. The topological polar surface area (TPSA) is 65.0 Å². The van der Waals surface area contributed by atoms with Gasteiger partial charge < -0.3 is 16.0 Å². The Kier molecular flexibility index (Phi) is 5.91. The molecule has 3 N–H and O–H groups in total. The fourth-order valence-corrected chi connectivity index (χ4v) is 0.641. The zero-order valence-electron chi connectivity index (χ0n) is 7.48. The highest BCUT2D eigenvalue weighted by molar-refractivity contribution is 5.96. The predicted octanol–water partition coefficient (Wildman–Crippen LogP) is -0.0821. The van der Waals surface area contributed by atoms with Crippen LogP contribution in [0, 0.1) is 5.41 Å². The average molecular weight is 169 g/mol. The van der Waals surface area contributed by atoms with Gasteiger partial charge in [-0.3, -0.25) is 4.79 Å². The molecule has 0 aliphatic heterocycles. The Morgan fingerprint density at radius 1 is 1.50 bits per heavy atom. The fourth-order valence-electron chi connectivity index (χ4n) is 0.641. The summed E-state index contributed by atoms with van der Waals surface area (Å²) in [6, 6.07) is 0. The van der Waals surface area contributed by atoms with Gasteiger partial charge in [-0.25, -0.2) is 0 Å². The van der Waals surface area contributed by atoms with E-state index in [1.807, 2.05) is 7.05 Å². The zero-order valence-corrected chi connectivity index (χ0v) is 7.48. The molecule has 0 aliphatic rings. The number of carbonyl (C=O) groups excluding carboxylic acids is 1. The first-order valence-electron chi connectivity index (χ1n) is 3.82. The molecule has 0 atom stereocenters. The molecule has 68 valence electrons. The Hall–Kier alpha value is -1.16. The van der Waals surface area contributed by atoms with Crippen molar-refractivity contribution in [1.82, 2.24) is 10.6 Å². The van der Waals surface area contributed by atoms with Crippen LogP contribution in [0.1, 0.15) is 6.92 Å². The summed E-state index contributed by atoms with van der Waals surface area (Å²) in [4.78, 5) is 11.1. The number of allylic oxidation sites excluding steroid dienone is 1. The van der Waals surface area contributed by atoms with Crippen LogP contribution in [0.5, 0.6) is 0 Å². The zero-order chi connectivity index (χ0) is 9.40. The summed E-state index contributed by atoms with van der Waals surface area (Å²) in [5, 5.41) is 12.4. The monoisotopic (exact) mass is 169 g/mol. The van der Waals surface area contributed by atoms with Gasteiger partial charge in [-0.05, 0) is 20.0 Å². The van der Waals surface area contributed by atoms with Crippen molar-refractivity contribution in [1.29, 1.82) is 5.41 Å². The van der Waals surface area contributed by atoms with Gasteiger partial charge in [-0.2, -0.15) is 0 Å². The minimum absolute atomic E-state index is 0.117. The van der Waals surface area contributed by atoms with Crippen LogP contribution in [0.4, 0.5) is 0 Å². The Labute approximate surface area is 72.6 Å². The molecule has 0 saturated heterocycles. The SMILES string of the molecule is CNCCNC(=O)/C(C)=C\C=N. The molecule has 0 aliphatic carbocycles. The van der Waals surface area contributed by atoms with Gasteiger partial charge in [0, 0.05) is 24.9 Å². The molecule has 0 aromatic rings. The molecule has 1 amide bonds. The second-order valence-corrected chi connectivity index (χ2v) is 2.38. The van der Waals surface area contributed by atoms with Crippen molar-refractivity contribution >= 4 is 12.1 Å². The number of nitrogens with one attached hydrogen (secondary N) is 3. The van der Waals surface area contributed by atoms with E-state index in [1.165, 1.54) is 6.08 Å². The smallest absolute Gasteiger partial charge is 0.247 e. The fraction of sp³-hybridized carbons (Fsp3) is 0.500. The van der Waals surface area contributed by atoms with Gasteiger partial charge >= 0.3 is 0 Å². The van der Waals surface area contributed by atoms with Gasteiger partial charge in [0.15, 0.2) is 0 Å². The Bertz CT molecular complexity index is 187. The van der Waals surface area contributed by atoms with E-state index in [-0.39, 0.29) is 5.91 Å². The summed E-state index contributed by atoms with van der Waals surface area (Å²) in [6.07, 6.45) is 2.57. The number of amides is 1. The molecule has 12 heavy (non-hydrogen) atoms. The summed E-state index contributed by atoms with van der Waals surface area (Å²) in [6.45, 7) is 3.04. The summed E-state index contributed by atoms with van der Waals surface area (Å²) < 4.78 is 0. The standard InChI is InChI=1S/C8H15N3O/c1-7(3-4-9)8(12)11-6-5-10-2/h3-4,9-10H,5-6H2,1-2H3,(H,11,12)/b7-3-,9-4?. The molecule has 0 radical (unpaired) electrons. The van der Waals surface area contributed by atoms with Crippen LogP contribution in [0.2, 0.25) is 0 Å². The van der Waals surface area contributed by atoms with Crippen LogP contribution in [0.25, 0.3) is 0 Å². The summed E-state index contributed by atoms with van der Waals surface area (Å²) in [5.74, 6) is -0.117. The van der Waals surface area contributed by atoms with E-state index in [4.69, 9.17) is 5.41 Å². The van der Waals surface area contributed by atoms with E-state index in [0.29, 0.717) is 12.1 Å². The summed E-state index contributed by atoms with van der Waals surface area (Å²) in [7, 11) is 1.83. The van der Waals surface area contributed by atoms with Crippen molar-refractivity contribution in [3.8, 4) is 0 Å². The van der Waals surface area contributed by atoms with Crippen molar-refractivity contribution in [2.45, 2.75) is 6.92 Å². The van der Waals surface area contributed by atoms with Crippen LogP contribution in [-0.2, 0) is 4.79 Å². The molecule has 0 fully saturated rings. The van der Waals surface area contributed by atoms with Gasteiger partial charge in [0.2, 0.25) is 5.91 Å². The number of rotatable bonds is 5. The van der Waals surface area contributed by atoms with Crippen LogP contribution < -0.4 is 10.6 Å². The third-order valence-electron chi connectivity index (χ3n) is 1.35. The lowest BCUT2D eigenvalue weighted by Gasteiger charge is -2.03. The molecule has 0 aromatic carbocycles. The Morgan fingerprint density at radius 2 is 2.17 bits per heavy atom. The normalized spacial score (nSPS) is 11.0. The predicted molar refractivity (Wildman–Crippen MR) is 49.5 cm³/mol. The molecule has 0 aromatic heterocycles. The molecule has 0 spiro atoms. The first-order chi connectivity index (χ1) is 5.72. The van der Waals surface area contributed by atoms with E-state index < -0.39 is 0 Å². The van der Waals surface area contributed by atoms with E-state index in [9.17, 15) is 4.79 Å². The second-order valence-electron chi connectivity index (χ2n) is 2.38. The molecule has 4 heteroatoms. The van der Waals surface area contributed by atoms with Gasteiger partial charge in [0.1, 0.15) is 0 Å². The third-order valence-corrected chi connectivity index (χ3v) is 1.35. The number of likely N-dealkylation sites (N-methyl/N-ethyl adjacent to an activating group) is 1. The molecular weight excluding hydrogens is 154 g/mol. The highest BCUT2D eigenvalue weighted by Gasteiger charge is 2.00. The Balaban J connectivity index is 3.72. The molecule has 0 rings (SSSR count). The summed E-state index contributed by atoms with van der Waals surface area (Å²) >= 11 is 0. The molecule has 0 heterocycles. The van der Waals surface area contributed by atoms with Gasteiger partial charge in [0.05, 0.1) is 0 Å². The van der Waals surface area contributed by atoms with Gasteiger partial charge in [0.25, 0.3) is 0 Å². The number of carbonyl (C=O) groups is 1. The maximum atomic E-state index is 11.1. The minimum Gasteiger partial charge on any atom is -0.351 e. The van der Waals surface area contributed by atoms with E-state index in [1.54, 1.807) is 6.92 Å². The van der Waals surface area contributed by atoms with Crippen LogP contribution in [0.3, 0.4) is 0 Å². The van der Waals surface area contributed by atoms with Gasteiger partial charge in [-0.15, -0.1) is 0 Å². The van der Waals surface area contributed by atoms with Crippen molar-refractivity contribution in [2.24, 2.45) is 0 Å². The number of hydrogen-bond acceptors (Lipinski definition) is 3. The molecule has 0 saturated carbocycles. The average Bonchev–Trinajstić information content (AvgIpc) is 2.05. The van der Waals surface area contributed by atoms with Crippen molar-refractivity contribution in [3.63, 3.8) is 0 Å². The van der Waals surface area contributed by atoms with E-state index in [2.05, 4.69) is 10.6 Å². The number of hydrogen-bond donors (Lipinski definition) is 3. The maximum Gasteiger partial charge on any atom is 0.247 e. The molecule has 0 unspecified atom stereocenters. The first kappa shape index (κ1) is 10.8. The summed E-state index contributed by atoms with van der Waals surface area (Å²) in [5.41, 5.74) is 0.557. The lowest BCUT2D eigenvalue weighted by atomic mass is 10.3. The van der Waals surface area contributed by atoms with Crippen LogP contribution in [-0.4, -0.2) is 32.3 Å². The highest BCUT2D eigenvalue weighted by Crippen LogP contribution is 1.88. The van der Waals surface area contributed by atoms with Crippen molar-refractivity contribution in [3.05, 3.63) is 11.6 Å². The van der Waals surface area contributed by atoms with E-state index >= 15 is 0 Å². The quantitative estimate of drug-likeness (QED) is 0.306. The highest BCUT2D eigenvalue weighted by atomic mass is 16.1. The van der Waals surface area contributed by atoms with Crippen LogP contribution in [0.15, 0.2) is 11.6 Å². The second kappa shape index (κ2) is 6.54. The molecule has 4 nitrogen and oxygen atoms in total. The lowest BCUT2D eigenvalue weighted by molar-refractivity contribution is -0.117. The van der Waals surface area contributed by atoms with Gasteiger partial charge in [-0.1, -0.05) is 0 Å². The molecule has 0 bridgehead atoms. The lowest BCUT2D eigenvalue weighted by Crippen LogP contribution is -2.30. The Morgan fingerprint density at radius 3 is 2.67 bits per heavy atom. The van der Waals surface area contributed by atoms with Crippen molar-refractivity contribution in [2.75, 3.05) is 20.1 Å². The van der Waals surface area contributed by atoms with Crippen molar-refractivity contribution < 1.29 is 4.79 Å². The first-order valence-corrected chi connectivity index (χ1v) is 3.82. The largest absolute Gasteiger partial charge is 0.351 e. The van der Waals surface area contributed by atoms with E-state index in [0.717, 1.165) is 12.8 Å². The minimum atomic E-state index is -0.117. The third kappa shape index (κ3) is 4.62. The van der Waals surface area contributed by atoms with Crippen LogP contribution >= 0.6 is 0 Å².